The number of benzene rings is 2. The lowest BCUT2D eigenvalue weighted by Crippen LogP contribution is -2.49. The number of hydrogen-bond acceptors (Lipinski definition) is 10. The van der Waals surface area contributed by atoms with Crippen LogP contribution in [0.2, 0.25) is 0 Å². The Morgan fingerprint density at radius 1 is 1.13 bits per heavy atom. The van der Waals surface area contributed by atoms with E-state index in [1.165, 1.54) is 12.1 Å². The number of anilines is 2. The molecular weight excluding hydrogens is 612 g/mol. The van der Waals surface area contributed by atoms with Crippen molar-refractivity contribution in [3.05, 3.63) is 46.7 Å². The van der Waals surface area contributed by atoms with Gasteiger partial charge >= 0.3 is 6.09 Å². The molecule has 5 heterocycles. The normalized spacial score (nSPS) is 19.2. The van der Waals surface area contributed by atoms with E-state index in [4.69, 9.17) is 14.5 Å². The molecule has 3 aliphatic rings. The van der Waals surface area contributed by atoms with E-state index in [1.807, 2.05) is 0 Å². The first kappa shape index (κ1) is 30.7. The summed E-state index contributed by atoms with van der Waals surface area (Å²) in [6.07, 6.45) is 1.87. The summed E-state index contributed by atoms with van der Waals surface area (Å²) >= 11 is 1.10. The number of nitrogens with zero attached hydrogens (tertiary/aromatic N) is 6. The fraction of sp³-hybridized carbons (Fsp3) is 0.455. The second kappa shape index (κ2) is 11.7. The number of carbonyl (C=O) groups is 1. The monoisotopic (exact) mass is 647 g/mol. The van der Waals surface area contributed by atoms with Gasteiger partial charge in [0.1, 0.15) is 28.0 Å². The summed E-state index contributed by atoms with van der Waals surface area (Å²) < 4.78 is 44.5. The Morgan fingerprint density at radius 3 is 2.63 bits per heavy atom. The molecular formula is C33H35F2N7O3S. The van der Waals surface area contributed by atoms with Gasteiger partial charge in [0.25, 0.3) is 0 Å². The topological polar surface area (TPSA) is 107 Å². The number of rotatable bonds is 4. The highest BCUT2D eigenvalue weighted by atomic mass is 32.1. The average molecular weight is 648 g/mol. The lowest BCUT2D eigenvalue weighted by Gasteiger charge is -2.36. The minimum atomic E-state index is -0.763. The summed E-state index contributed by atoms with van der Waals surface area (Å²) in [5, 5.41) is 13.8. The van der Waals surface area contributed by atoms with Crippen molar-refractivity contribution in [1.29, 1.82) is 5.26 Å². The van der Waals surface area contributed by atoms with E-state index in [-0.39, 0.29) is 45.8 Å². The van der Waals surface area contributed by atoms with Crippen LogP contribution in [0.5, 0.6) is 0 Å². The predicted molar refractivity (Wildman–Crippen MR) is 173 cm³/mol. The maximum Gasteiger partial charge on any atom is 0.412 e. The summed E-state index contributed by atoms with van der Waals surface area (Å²) in [6, 6.07) is 5.27. The number of nitrogens with one attached hydrogen (secondary N) is 1. The standard InChI is InChI=1S/C33H35F2N7O3S/c1-33(2,3)45-32(43)39-30-19(13-36)25-24(46-30)6-5-23(34)27(25)26-22-17-44-16-21(22)20-14-37-31(38-29(20)28(26)35)42-8-7-18(15-42)41-11-9-40(4)10-12-41/h5-6,14,18H,7-12,15-17H2,1-4H3,(H,39,43)/t18-/m0/s1. The quantitative estimate of drug-likeness (QED) is 0.291. The number of hydrogen-bond donors (Lipinski definition) is 1. The minimum Gasteiger partial charge on any atom is -0.444 e. The molecule has 0 bridgehead atoms. The van der Waals surface area contributed by atoms with Gasteiger partial charge in [0.15, 0.2) is 5.82 Å². The zero-order valence-corrected chi connectivity index (χ0v) is 27.1. The van der Waals surface area contributed by atoms with Crippen LogP contribution in [0, 0.1) is 23.0 Å². The zero-order chi connectivity index (χ0) is 32.3. The van der Waals surface area contributed by atoms with Gasteiger partial charge in [0.05, 0.1) is 18.8 Å². The van der Waals surface area contributed by atoms with Crippen LogP contribution in [-0.2, 0) is 22.7 Å². The highest BCUT2D eigenvalue weighted by Crippen LogP contribution is 2.47. The molecule has 1 amide bonds. The molecule has 10 nitrogen and oxygen atoms in total. The van der Waals surface area contributed by atoms with E-state index < -0.39 is 23.3 Å². The van der Waals surface area contributed by atoms with Gasteiger partial charge < -0.3 is 19.3 Å². The number of fused-ring (bicyclic) bond motifs is 4. The SMILES string of the molecule is CN1CCN([C@H]2CCN(c3ncc4c5c(c(-c6c(F)ccc7sc(NC(=O)OC(C)(C)C)c(C#N)c67)c(F)c4n3)COC5)C2)CC1. The summed E-state index contributed by atoms with van der Waals surface area (Å²) in [5.41, 5.74) is 0.517. The molecule has 2 fully saturated rings. The molecule has 4 aromatic rings. The lowest BCUT2D eigenvalue weighted by atomic mass is 9.90. The van der Waals surface area contributed by atoms with Gasteiger partial charge in [-0.2, -0.15) is 5.26 Å². The molecule has 3 aliphatic heterocycles. The lowest BCUT2D eigenvalue weighted by molar-refractivity contribution is 0.0636. The number of amides is 1. The highest BCUT2D eigenvalue weighted by molar-refractivity contribution is 7.23. The molecule has 13 heteroatoms. The molecule has 0 unspecified atom stereocenters. The molecule has 2 aromatic heterocycles. The first-order valence-corrected chi connectivity index (χ1v) is 16.2. The molecule has 0 spiro atoms. The van der Waals surface area contributed by atoms with Crippen molar-refractivity contribution in [2.45, 2.75) is 52.0 Å². The van der Waals surface area contributed by atoms with Gasteiger partial charge in [-0.25, -0.2) is 23.5 Å². The van der Waals surface area contributed by atoms with Crippen molar-refractivity contribution in [3.63, 3.8) is 0 Å². The Hall–Kier alpha value is -3.96. The molecule has 0 radical (unpaired) electrons. The third kappa shape index (κ3) is 5.43. The summed E-state index contributed by atoms with van der Waals surface area (Å²) in [6.45, 7) is 11.1. The van der Waals surface area contributed by atoms with Gasteiger partial charge in [0, 0.05) is 78.1 Å². The number of carbonyl (C=O) groups excluding carboxylic acids is 1. The Kier molecular flexibility index (Phi) is 7.79. The fourth-order valence-electron chi connectivity index (χ4n) is 6.73. The number of aromatic nitrogens is 2. The number of likely N-dealkylation sites (N-methyl/N-ethyl adjacent to an activating group) is 1. The Balaban J connectivity index is 1.32. The van der Waals surface area contributed by atoms with Crippen LogP contribution in [-0.4, -0.2) is 83.8 Å². The van der Waals surface area contributed by atoms with E-state index >= 15 is 8.78 Å². The van der Waals surface area contributed by atoms with Crippen LogP contribution in [0.1, 0.15) is 43.9 Å². The largest absolute Gasteiger partial charge is 0.444 e. The molecule has 7 rings (SSSR count). The van der Waals surface area contributed by atoms with Gasteiger partial charge in [-0.1, -0.05) is 0 Å². The van der Waals surface area contributed by atoms with E-state index in [0.717, 1.165) is 57.0 Å². The molecule has 0 saturated carbocycles. The van der Waals surface area contributed by atoms with Crippen molar-refractivity contribution >= 4 is 49.4 Å². The number of piperazine rings is 1. The fourth-order valence-corrected chi connectivity index (χ4v) is 7.77. The Bertz CT molecular complexity index is 1910. The third-order valence-electron chi connectivity index (χ3n) is 8.97. The van der Waals surface area contributed by atoms with Crippen molar-refractivity contribution in [1.82, 2.24) is 19.8 Å². The van der Waals surface area contributed by atoms with Crippen molar-refractivity contribution in [3.8, 4) is 17.2 Å². The van der Waals surface area contributed by atoms with Crippen LogP contribution in [0.3, 0.4) is 0 Å². The first-order chi connectivity index (χ1) is 22.0. The Labute approximate surface area is 269 Å². The summed E-state index contributed by atoms with van der Waals surface area (Å²) in [5.74, 6) is -0.953. The van der Waals surface area contributed by atoms with Crippen LogP contribution in [0.25, 0.3) is 32.1 Å². The van der Waals surface area contributed by atoms with Gasteiger partial charge in [0.2, 0.25) is 5.95 Å². The zero-order valence-electron chi connectivity index (χ0n) is 26.2. The number of thiophene rings is 1. The molecule has 1 N–H and O–H groups in total. The van der Waals surface area contributed by atoms with Crippen LogP contribution in [0.15, 0.2) is 18.3 Å². The van der Waals surface area contributed by atoms with E-state index in [9.17, 15) is 10.1 Å². The molecule has 2 saturated heterocycles. The highest BCUT2D eigenvalue weighted by Gasteiger charge is 2.33. The van der Waals surface area contributed by atoms with Crippen LogP contribution < -0.4 is 10.2 Å². The maximum atomic E-state index is 16.9. The van der Waals surface area contributed by atoms with Crippen molar-refractivity contribution < 1.29 is 23.0 Å². The number of ether oxygens (including phenoxy) is 2. The third-order valence-corrected chi connectivity index (χ3v) is 10.0. The second-order valence-electron chi connectivity index (χ2n) is 13.1. The minimum absolute atomic E-state index is 0.0163. The average Bonchev–Trinajstić information content (AvgIpc) is 3.76. The molecule has 46 heavy (non-hydrogen) atoms. The van der Waals surface area contributed by atoms with Gasteiger partial charge in [-0.3, -0.25) is 10.2 Å². The van der Waals surface area contributed by atoms with E-state index in [0.29, 0.717) is 33.2 Å². The molecule has 1 atom stereocenters. The smallest absolute Gasteiger partial charge is 0.412 e. The van der Waals surface area contributed by atoms with Crippen LogP contribution in [0.4, 0.5) is 24.5 Å². The number of nitriles is 1. The van der Waals surface area contributed by atoms with E-state index in [1.54, 1.807) is 27.0 Å². The molecule has 2 aromatic carbocycles. The predicted octanol–water partition coefficient (Wildman–Crippen LogP) is 5.86. The van der Waals surface area contributed by atoms with Gasteiger partial charge in [-0.05, 0) is 57.5 Å². The molecule has 0 aliphatic carbocycles. The Morgan fingerprint density at radius 2 is 1.89 bits per heavy atom. The van der Waals surface area contributed by atoms with Crippen molar-refractivity contribution in [2.24, 2.45) is 0 Å². The summed E-state index contributed by atoms with van der Waals surface area (Å²) in [4.78, 5) is 28.9. The van der Waals surface area contributed by atoms with E-state index in [2.05, 4.69) is 38.1 Å². The summed E-state index contributed by atoms with van der Waals surface area (Å²) in [7, 11) is 2.14. The number of halogens is 2. The van der Waals surface area contributed by atoms with Crippen LogP contribution >= 0.6 is 11.3 Å². The second-order valence-corrected chi connectivity index (χ2v) is 14.2. The maximum absolute atomic E-state index is 16.9. The first-order valence-electron chi connectivity index (χ1n) is 15.4. The van der Waals surface area contributed by atoms with Gasteiger partial charge in [-0.15, -0.1) is 11.3 Å². The molecule has 240 valence electrons. The van der Waals surface area contributed by atoms with Crippen molar-refractivity contribution in [2.75, 3.05) is 56.5 Å².